The molecule has 0 saturated carbocycles. The number of amides is 1. The zero-order valence-corrected chi connectivity index (χ0v) is 19.4. The molecule has 0 atom stereocenters. The zero-order chi connectivity index (χ0) is 22.1. The van der Waals surface area contributed by atoms with Crippen LogP contribution in [0.2, 0.25) is 0 Å². The van der Waals surface area contributed by atoms with E-state index in [1.165, 1.54) is 22.2 Å². The summed E-state index contributed by atoms with van der Waals surface area (Å²) in [5.74, 6) is 0.155. The summed E-state index contributed by atoms with van der Waals surface area (Å²) in [6, 6.07) is 19.1. The van der Waals surface area contributed by atoms with Crippen molar-refractivity contribution in [1.82, 2.24) is 9.55 Å². The molecule has 0 N–H and O–H groups in total. The number of fused-ring (bicyclic) bond motifs is 3. The van der Waals surface area contributed by atoms with Crippen LogP contribution in [0.25, 0.3) is 15.9 Å². The van der Waals surface area contributed by atoms with E-state index in [2.05, 4.69) is 0 Å². The van der Waals surface area contributed by atoms with Crippen molar-refractivity contribution < 1.29 is 4.79 Å². The molecule has 7 heteroatoms. The molecule has 0 radical (unpaired) electrons. The maximum Gasteiger partial charge on any atom is 0.267 e. The van der Waals surface area contributed by atoms with E-state index in [-0.39, 0.29) is 17.2 Å². The van der Waals surface area contributed by atoms with E-state index in [9.17, 15) is 9.59 Å². The molecule has 2 heterocycles. The van der Waals surface area contributed by atoms with Gasteiger partial charge < -0.3 is 4.90 Å². The number of hydrogen-bond donors (Lipinski definition) is 0. The number of carbonyl (C=O) groups excluding carboxylic acids is 1. The molecule has 2 aromatic carbocycles. The second-order valence-electron chi connectivity index (χ2n) is 7.84. The van der Waals surface area contributed by atoms with Crippen molar-refractivity contribution >= 4 is 44.9 Å². The van der Waals surface area contributed by atoms with Crippen LogP contribution in [0.5, 0.6) is 0 Å². The van der Waals surface area contributed by atoms with Gasteiger partial charge in [0, 0.05) is 17.6 Å². The summed E-state index contributed by atoms with van der Waals surface area (Å²) in [7, 11) is 1.77. The summed E-state index contributed by atoms with van der Waals surface area (Å²) in [5, 5.41) is 1.31. The Morgan fingerprint density at radius 1 is 1.06 bits per heavy atom. The smallest absolute Gasteiger partial charge is 0.267 e. The van der Waals surface area contributed by atoms with Crippen LogP contribution in [0.4, 0.5) is 5.69 Å². The van der Waals surface area contributed by atoms with Gasteiger partial charge in [0.15, 0.2) is 5.16 Å². The van der Waals surface area contributed by atoms with Crippen molar-refractivity contribution in [1.29, 1.82) is 0 Å². The highest BCUT2D eigenvalue weighted by Crippen LogP contribution is 2.35. The summed E-state index contributed by atoms with van der Waals surface area (Å²) in [6.07, 6.45) is 4.23. The second kappa shape index (κ2) is 8.92. The number of benzene rings is 2. The number of para-hydroxylation sites is 2. The minimum Gasteiger partial charge on any atom is -0.315 e. The molecule has 0 unspecified atom stereocenters. The number of hydrogen-bond acceptors (Lipinski definition) is 5. The van der Waals surface area contributed by atoms with Crippen LogP contribution in [-0.4, -0.2) is 28.3 Å². The topological polar surface area (TPSA) is 55.2 Å². The highest BCUT2D eigenvalue weighted by atomic mass is 32.2. The Bertz CT molecular complexity index is 1330. The van der Waals surface area contributed by atoms with Crippen LogP contribution in [0.1, 0.15) is 23.3 Å². The first-order valence-electron chi connectivity index (χ1n) is 10.7. The second-order valence-corrected chi connectivity index (χ2v) is 9.86. The highest BCUT2D eigenvalue weighted by molar-refractivity contribution is 7.99. The van der Waals surface area contributed by atoms with Crippen molar-refractivity contribution in [2.45, 2.75) is 30.8 Å². The summed E-state index contributed by atoms with van der Waals surface area (Å²) in [6.45, 7) is 0. The molecule has 0 bridgehead atoms. The van der Waals surface area contributed by atoms with Crippen LogP contribution in [-0.2, 0) is 17.6 Å². The summed E-state index contributed by atoms with van der Waals surface area (Å²) in [5.41, 5.74) is 2.75. The first kappa shape index (κ1) is 21.0. The fraction of sp³-hybridized carbons (Fsp3) is 0.240. The minimum atomic E-state index is -0.0411. The van der Waals surface area contributed by atoms with Gasteiger partial charge in [0.1, 0.15) is 4.83 Å². The van der Waals surface area contributed by atoms with Crippen LogP contribution in [0, 0.1) is 0 Å². The number of rotatable bonds is 5. The standard InChI is InChI=1S/C25H23N3O2S2/c1-27(17-10-4-2-5-11-17)21(29)16-31-25-26-23-22(19-14-8-9-15-20(19)32-23)24(30)28(25)18-12-6-3-7-13-18/h2-7,10-13H,8-9,14-16H2,1H3. The van der Waals surface area contributed by atoms with E-state index in [0.29, 0.717) is 5.16 Å². The summed E-state index contributed by atoms with van der Waals surface area (Å²) < 4.78 is 1.67. The van der Waals surface area contributed by atoms with Crippen molar-refractivity contribution in [3.8, 4) is 5.69 Å². The van der Waals surface area contributed by atoms with Gasteiger partial charge >= 0.3 is 0 Å². The van der Waals surface area contributed by atoms with Crippen LogP contribution < -0.4 is 10.5 Å². The number of anilines is 1. The highest BCUT2D eigenvalue weighted by Gasteiger charge is 2.23. The van der Waals surface area contributed by atoms with Crippen LogP contribution in [0.3, 0.4) is 0 Å². The van der Waals surface area contributed by atoms with Gasteiger partial charge in [0.25, 0.3) is 5.56 Å². The lowest BCUT2D eigenvalue weighted by molar-refractivity contribution is -0.115. The average Bonchev–Trinajstić information content (AvgIpc) is 3.22. The molecule has 1 amide bonds. The van der Waals surface area contributed by atoms with Gasteiger partial charge in [-0.2, -0.15) is 0 Å². The monoisotopic (exact) mass is 461 g/mol. The molecule has 4 aromatic rings. The van der Waals surface area contributed by atoms with Crippen molar-refractivity contribution in [2.75, 3.05) is 17.7 Å². The molecule has 0 aliphatic heterocycles. The number of nitrogens with zero attached hydrogens (tertiary/aromatic N) is 3. The Morgan fingerprint density at radius 3 is 2.50 bits per heavy atom. The van der Waals surface area contributed by atoms with Gasteiger partial charge in [-0.1, -0.05) is 48.2 Å². The lowest BCUT2D eigenvalue weighted by atomic mass is 9.97. The molecule has 2 aromatic heterocycles. The first-order valence-corrected chi connectivity index (χ1v) is 12.5. The van der Waals surface area contributed by atoms with E-state index in [4.69, 9.17) is 4.98 Å². The van der Waals surface area contributed by atoms with Gasteiger partial charge in [0.05, 0.1) is 16.8 Å². The quantitative estimate of drug-likeness (QED) is 0.307. The zero-order valence-electron chi connectivity index (χ0n) is 17.8. The average molecular weight is 462 g/mol. The Morgan fingerprint density at radius 2 is 1.75 bits per heavy atom. The summed E-state index contributed by atoms with van der Waals surface area (Å²) in [4.78, 5) is 35.2. The normalized spacial score (nSPS) is 13.2. The molecule has 32 heavy (non-hydrogen) atoms. The third kappa shape index (κ3) is 3.87. The minimum absolute atomic E-state index is 0.0352. The Hall–Kier alpha value is -2.90. The molecule has 162 valence electrons. The lowest BCUT2D eigenvalue weighted by Gasteiger charge is -2.18. The lowest BCUT2D eigenvalue weighted by Crippen LogP contribution is -2.28. The maximum atomic E-state index is 13.7. The molecule has 0 spiro atoms. The summed E-state index contributed by atoms with van der Waals surface area (Å²) >= 11 is 2.95. The van der Waals surface area contributed by atoms with Gasteiger partial charge in [-0.25, -0.2) is 4.98 Å². The van der Waals surface area contributed by atoms with Gasteiger partial charge in [-0.3, -0.25) is 14.2 Å². The number of thioether (sulfide) groups is 1. The number of carbonyl (C=O) groups is 1. The Balaban J connectivity index is 1.54. The third-order valence-corrected chi connectivity index (χ3v) is 7.92. The Labute approximate surface area is 194 Å². The SMILES string of the molecule is CN(C(=O)CSc1nc2sc3c(c2c(=O)n1-c1ccccc1)CCCC3)c1ccccc1. The van der Waals surface area contributed by atoms with E-state index >= 15 is 0 Å². The maximum absolute atomic E-state index is 13.7. The van der Waals surface area contributed by atoms with Gasteiger partial charge in [0.2, 0.25) is 5.91 Å². The van der Waals surface area contributed by atoms with E-state index in [1.54, 1.807) is 27.9 Å². The largest absolute Gasteiger partial charge is 0.315 e. The molecule has 5 rings (SSSR count). The van der Waals surface area contributed by atoms with E-state index in [1.807, 2.05) is 60.7 Å². The van der Waals surface area contributed by atoms with Crippen molar-refractivity contribution in [3.63, 3.8) is 0 Å². The first-order chi connectivity index (χ1) is 15.6. The number of aryl methyl sites for hydroxylation is 2. The number of thiophene rings is 1. The fourth-order valence-electron chi connectivity index (χ4n) is 4.11. The van der Waals surface area contributed by atoms with Crippen molar-refractivity contribution in [2.24, 2.45) is 0 Å². The molecule has 1 aliphatic carbocycles. The number of aromatic nitrogens is 2. The molecule has 0 saturated heterocycles. The third-order valence-electron chi connectivity index (χ3n) is 5.81. The molecular formula is C25H23N3O2S2. The molecule has 1 aliphatic rings. The van der Waals surface area contributed by atoms with Crippen molar-refractivity contribution in [3.05, 3.63) is 81.5 Å². The van der Waals surface area contributed by atoms with Crippen LogP contribution >= 0.6 is 23.1 Å². The van der Waals surface area contributed by atoms with E-state index < -0.39 is 0 Å². The van der Waals surface area contributed by atoms with Crippen LogP contribution in [0.15, 0.2) is 70.6 Å². The van der Waals surface area contributed by atoms with Gasteiger partial charge in [-0.05, 0) is 55.5 Å². The molecule has 5 nitrogen and oxygen atoms in total. The predicted molar refractivity (Wildman–Crippen MR) is 132 cm³/mol. The Kier molecular flexibility index (Phi) is 5.85. The molecular weight excluding hydrogens is 438 g/mol. The molecule has 0 fully saturated rings. The van der Waals surface area contributed by atoms with E-state index in [0.717, 1.165) is 47.3 Å². The fourth-order valence-corrected chi connectivity index (χ4v) is 6.34. The predicted octanol–water partition coefficient (Wildman–Crippen LogP) is 5.08. The van der Waals surface area contributed by atoms with Gasteiger partial charge in [-0.15, -0.1) is 11.3 Å².